The van der Waals surface area contributed by atoms with Crippen LogP contribution in [0.15, 0.2) is 34.1 Å². The van der Waals surface area contributed by atoms with Gasteiger partial charge in [0.05, 0.1) is 29.4 Å². The number of rotatable bonds is 10. The Labute approximate surface area is 163 Å². The summed E-state index contributed by atoms with van der Waals surface area (Å²) in [6.07, 6.45) is 4.60. The molecule has 2 N–H and O–H groups in total. The van der Waals surface area contributed by atoms with Gasteiger partial charge in [0, 0.05) is 26.1 Å². The molecule has 1 aromatic carbocycles. The maximum absolute atomic E-state index is 12.5. The molecule has 0 aliphatic carbocycles. The van der Waals surface area contributed by atoms with Gasteiger partial charge in [-0.2, -0.15) is 4.31 Å². The number of quaternary nitrogens is 1. The zero-order valence-corrected chi connectivity index (χ0v) is 17.9. The summed E-state index contributed by atoms with van der Waals surface area (Å²) in [5.41, 5.74) is 0. The van der Waals surface area contributed by atoms with E-state index in [2.05, 4.69) is 4.72 Å². The van der Waals surface area contributed by atoms with Crippen LogP contribution in [-0.2, 0) is 20.0 Å². The summed E-state index contributed by atoms with van der Waals surface area (Å²) in [6, 6.07) is 5.43. The van der Waals surface area contributed by atoms with E-state index in [4.69, 9.17) is 0 Å². The average Bonchev–Trinajstić information content (AvgIpc) is 2.67. The number of sulfonamides is 2. The molecular weight excluding hydrogens is 386 g/mol. The lowest BCUT2D eigenvalue weighted by Gasteiger charge is -2.23. The van der Waals surface area contributed by atoms with Gasteiger partial charge in [-0.25, -0.2) is 21.6 Å². The van der Waals surface area contributed by atoms with E-state index in [-0.39, 0.29) is 9.79 Å². The molecule has 0 spiro atoms. The van der Waals surface area contributed by atoms with Crippen LogP contribution >= 0.6 is 0 Å². The molecule has 1 aromatic rings. The third-order valence-electron chi connectivity index (χ3n) is 5.04. The third kappa shape index (κ3) is 5.99. The minimum Gasteiger partial charge on any atom is -0.335 e. The highest BCUT2D eigenvalue weighted by molar-refractivity contribution is 7.89. The SMILES string of the molecule is CCN(CC)S(=O)(=O)c1ccc(S(=O)(=O)NCCC[NH+]2CCCCC2)cc1. The topological polar surface area (TPSA) is 88.0 Å². The standard InChI is InChI=1S/C18H31N3O4S2/c1-3-21(4-2)27(24,25)18-11-9-17(10-12-18)26(22,23)19-13-8-16-20-14-6-5-7-15-20/h9-12,19H,3-8,13-16H2,1-2H3/p+1. The fourth-order valence-electron chi connectivity index (χ4n) is 3.43. The van der Waals surface area contributed by atoms with Crippen molar-refractivity contribution in [3.8, 4) is 0 Å². The Morgan fingerprint density at radius 2 is 1.48 bits per heavy atom. The van der Waals surface area contributed by atoms with Crippen LogP contribution in [0.3, 0.4) is 0 Å². The van der Waals surface area contributed by atoms with Crippen molar-refractivity contribution in [3.63, 3.8) is 0 Å². The molecule has 1 aliphatic rings. The quantitative estimate of drug-likeness (QED) is 0.540. The molecule has 2 rings (SSSR count). The minimum atomic E-state index is -3.62. The van der Waals surface area contributed by atoms with E-state index in [9.17, 15) is 16.8 Å². The molecule has 7 nitrogen and oxygen atoms in total. The predicted molar refractivity (Wildman–Crippen MR) is 106 cm³/mol. The Balaban J connectivity index is 1.94. The van der Waals surface area contributed by atoms with Crippen LogP contribution in [0.2, 0.25) is 0 Å². The lowest BCUT2D eigenvalue weighted by atomic mass is 10.1. The van der Waals surface area contributed by atoms with E-state index < -0.39 is 20.0 Å². The van der Waals surface area contributed by atoms with Gasteiger partial charge < -0.3 is 4.90 Å². The summed E-state index contributed by atoms with van der Waals surface area (Å²) < 4.78 is 53.7. The van der Waals surface area contributed by atoms with Gasteiger partial charge >= 0.3 is 0 Å². The molecular formula is C18H32N3O4S2+. The van der Waals surface area contributed by atoms with Crippen LogP contribution in [-0.4, -0.2) is 60.4 Å². The van der Waals surface area contributed by atoms with Crippen molar-refractivity contribution >= 4 is 20.0 Å². The molecule has 1 fully saturated rings. The Kier molecular flexibility index (Phi) is 8.23. The smallest absolute Gasteiger partial charge is 0.243 e. The van der Waals surface area contributed by atoms with E-state index >= 15 is 0 Å². The molecule has 0 amide bonds. The fourth-order valence-corrected chi connectivity index (χ4v) is 5.97. The minimum absolute atomic E-state index is 0.0892. The third-order valence-corrected chi connectivity index (χ3v) is 8.58. The monoisotopic (exact) mass is 418 g/mol. The molecule has 0 saturated carbocycles. The van der Waals surface area contributed by atoms with Crippen LogP contribution in [0.4, 0.5) is 0 Å². The van der Waals surface area contributed by atoms with E-state index in [1.807, 2.05) is 0 Å². The lowest BCUT2D eigenvalue weighted by Crippen LogP contribution is -3.12. The van der Waals surface area contributed by atoms with Gasteiger partial charge in [0.15, 0.2) is 0 Å². The normalized spacial score (nSPS) is 16.7. The maximum Gasteiger partial charge on any atom is 0.243 e. The molecule has 1 aliphatic heterocycles. The number of benzene rings is 1. The summed E-state index contributed by atoms with van der Waals surface area (Å²) in [5.74, 6) is 0. The summed E-state index contributed by atoms with van der Waals surface area (Å²) in [7, 11) is -7.21. The highest BCUT2D eigenvalue weighted by atomic mass is 32.2. The van der Waals surface area contributed by atoms with E-state index in [0.29, 0.717) is 19.6 Å². The zero-order valence-electron chi connectivity index (χ0n) is 16.3. The first kappa shape index (κ1) is 22.3. The van der Waals surface area contributed by atoms with Gasteiger partial charge in [-0.15, -0.1) is 0 Å². The fraction of sp³-hybridized carbons (Fsp3) is 0.667. The molecule has 27 heavy (non-hydrogen) atoms. The molecule has 9 heteroatoms. The average molecular weight is 419 g/mol. The second-order valence-electron chi connectivity index (χ2n) is 6.87. The molecule has 154 valence electrons. The predicted octanol–water partition coefficient (Wildman–Crippen LogP) is 0.454. The molecule has 0 aromatic heterocycles. The van der Waals surface area contributed by atoms with Crippen molar-refractivity contribution in [2.75, 3.05) is 39.3 Å². The first-order valence-corrected chi connectivity index (χ1v) is 12.7. The first-order valence-electron chi connectivity index (χ1n) is 9.74. The molecule has 1 heterocycles. The van der Waals surface area contributed by atoms with E-state index in [1.54, 1.807) is 18.7 Å². The highest BCUT2D eigenvalue weighted by Gasteiger charge is 2.22. The second kappa shape index (κ2) is 9.97. The summed E-state index contributed by atoms with van der Waals surface area (Å²) in [4.78, 5) is 1.75. The van der Waals surface area contributed by atoms with Crippen molar-refractivity contribution in [2.45, 2.75) is 49.3 Å². The van der Waals surface area contributed by atoms with Gasteiger partial charge in [0.25, 0.3) is 0 Å². The van der Waals surface area contributed by atoms with Crippen LogP contribution in [0, 0.1) is 0 Å². The van der Waals surface area contributed by atoms with Crippen molar-refractivity contribution in [2.24, 2.45) is 0 Å². The van der Waals surface area contributed by atoms with Gasteiger partial charge in [-0.1, -0.05) is 13.8 Å². The lowest BCUT2D eigenvalue weighted by molar-refractivity contribution is -0.904. The molecule has 0 radical (unpaired) electrons. The number of likely N-dealkylation sites (tertiary alicyclic amines) is 1. The molecule has 0 unspecified atom stereocenters. The van der Waals surface area contributed by atoms with Gasteiger partial charge in [0.2, 0.25) is 20.0 Å². The number of nitrogens with one attached hydrogen (secondary N) is 2. The molecule has 0 bridgehead atoms. The van der Waals surface area contributed by atoms with Crippen LogP contribution in [0.25, 0.3) is 0 Å². The zero-order chi connectivity index (χ0) is 19.9. The number of hydrogen-bond acceptors (Lipinski definition) is 4. The molecule has 0 atom stereocenters. The molecule has 1 saturated heterocycles. The number of hydrogen-bond donors (Lipinski definition) is 2. The summed E-state index contributed by atoms with van der Waals surface area (Å²) >= 11 is 0. The van der Waals surface area contributed by atoms with Crippen LogP contribution in [0.1, 0.15) is 39.5 Å². The van der Waals surface area contributed by atoms with E-state index in [0.717, 1.165) is 13.0 Å². The Morgan fingerprint density at radius 1 is 0.926 bits per heavy atom. The second-order valence-corrected chi connectivity index (χ2v) is 10.6. The summed E-state index contributed by atoms with van der Waals surface area (Å²) in [5, 5.41) is 0. The van der Waals surface area contributed by atoms with Crippen LogP contribution in [0.5, 0.6) is 0 Å². The largest absolute Gasteiger partial charge is 0.335 e. The van der Waals surface area contributed by atoms with Crippen molar-refractivity contribution in [1.29, 1.82) is 0 Å². The van der Waals surface area contributed by atoms with Gasteiger partial charge in [0.1, 0.15) is 0 Å². The Bertz CT molecular complexity index is 782. The Hall–Kier alpha value is -1.00. The number of piperidine rings is 1. The van der Waals surface area contributed by atoms with Crippen LogP contribution < -0.4 is 9.62 Å². The van der Waals surface area contributed by atoms with Crippen molar-refractivity contribution in [3.05, 3.63) is 24.3 Å². The van der Waals surface area contributed by atoms with Gasteiger partial charge in [-0.05, 0) is 43.5 Å². The van der Waals surface area contributed by atoms with Gasteiger partial charge in [-0.3, -0.25) is 0 Å². The first-order chi connectivity index (χ1) is 12.8. The van der Waals surface area contributed by atoms with Crippen molar-refractivity contribution in [1.82, 2.24) is 9.03 Å². The summed E-state index contributed by atoms with van der Waals surface area (Å²) in [6.45, 7) is 8.02. The maximum atomic E-state index is 12.5. The number of nitrogens with zero attached hydrogens (tertiary/aromatic N) is 1. The Morgan fingerprint density at radius 3 is 2.04 bits per heavy atom. The van der Waals surface area contributed by atoms with E-state index in [1.165, 1.54) is 60.9 Å². The highest BCUT2D eigenvalue weighted by Crippen LogP contribution is 2.18. The van der Waals surface area contributed by atoms with Crippen molar-refractivity contribution < 1.29 is 21.7 Å².